The zero-order valence-corrected chi connectivity index (χ0v) is 30.7. The molecule has 0 aliphatic heterocycles. The molecule has 0 aliphatic rings. The smallest absolute Gasteiger partial charge is 0.869 e. The van der Waals surface area contributed by atoms with E-state index in [2.05, 4.69) is 19.9 Å². The Labute approximate surface area is 326 Å². The van der Waals surface area contributed by atoms with Crippen LogP contribution in [0.25, 0.3) is 24.3 Å². The summed E-state index contributed by atoms with van der Waals surface area (Å²) in [6.45, 7) is 0. The Morgan fingerprint density at radius 1 is 0.352 bits per heavy atom. The van der Waals surface area contributed by atoms with Crippen LogP contribution in [0, 0.1) is 0 Å². The minimum atomic E-state index is -4.82. The second kappa shape index (κ2) is 23.9. The van der Waals surface area contributed by atoms with Crippen LogP contribution in [0.2, 0.25) is 0 Å². The Morgan fingerprint density at radius 2 is 0.519 bits per heavy atom. The maximum Gasteiger partial charge on any atom is 2.00 e. The van der Waals surface area contributed by atoms with Crippen LogP contribution in [0.15, 0.2) is 121 Å². The van der Waals surface area contributed by atoms with Gasteiger partial charge in [-0.3, -0.25) is 19.9 Å². The molecule has 4 rings (SSSR count). The first-order valence-electron chi connectivity index (χ1n) is 13.5. The number of hydrogen-bond acceptors (Lipinski definition) is 8. The van der Waals surface area contributed by atoms with Crippen LogP contribution in [0.4, 0.5) is 52.7 Å². The van der Waals surface area contributed by atoms with E-state index in [-0.39, 0.29) is 64.9 Å². The van der Waals surface area contributed by atoms with Crippen molar-refractivity contribution in [2.24, 2.45) is 0 Å². The number of pyridine rings is 4. The molecule has 4 aromatic rings. The summed E-state index contributed by atoms with van der Waals surface area (Å²) in [5.41, 5.74) is 0.0179. The van der Waals surface area contributed by atoms with Crippen molar-refractivity contribution < 1.29 is 115 Å². The van der Waals surface area contributed by atoms with Gasteiger partial charge in [0, 0.05) is 24.8 Å². The van der Waals surface area contributed by atoms with Gasteiger partial charge >= 0.3 is 66.8 Å². The number of aromatic nitrogens is 4. The van der Waals surface area contributed by atoms with Crippen LogP contribution in [-0.4, -0.2) is 44.6 Å². The zero-order chi connectivity index (χ0) is 39.6. The van der Waals surface area contributed by atoms with Gasteiger partial charge in [-0.05, 0) is 95.9 Å². The molecule has 4 heterocycles. The molecule has 0 unspecified atom stereocenters. The van der Waals surface area contributed by atoms with Crippen molar-refractivity contribution in [3.8, 4) is 0 Å². The molecule has 22 heteroatoms. The summed E-state index contributed by atoms with van der Waals surface area (Å²) in [6, 6.07) is 17.5. The van der Waals surface area contributed by atoms with E-state index in [1.165, 1.54) is 73.3 Å². The first kappa shape index (κ1) is 51.4. The summed E-state index contributed by atoms with van der Waals surface area (Å²) in [6.07, 6.45) is -12.2. The number of nitrogens with zero attached hydrogens (tertiary/aromatic N) is 4. The molecule has 8 nitrogen and oxygen atoms in total. The average molecular weight is 1140 g/mol. The number of halogens is 12. The van der Waals surface area contributed by atoms with Crippen molar-refractivity contribution in [3.05, 3.63) is 143 Å². The van der Waals surface area contributed by atoms with Crippen LogP contribution in [0.3, 0.4) is 0 Å². The molecule has 0 aliphatic carbocycles. The number of rotatable bonds is 4. The summed E-state index contributed by atoms with van der Waals surface area (Å²) >= 11 is 0. The summed E-state index contributed by atoms with van der Waals surface area (Å²) in [4.78, 5) is 14.2. The molecule has 0 saturated carbocycles. The van der Waals surface area contributed by atoms with Crippen LogP contribution in [0.1, 0.15) is 22.8 Å². The Hall–Kier alpha value is -4.70. The maximum absolute atomic E-state index is 11.7. The molecule has 0 bridgehead atoms. The maximum atomic E-state index is 11.7. The molecule has 0 saturated heterocycles. The fraction of sp³-hybridized carbons (Fsp3) is 0.125. The summed E-state index contributed by atoms with van der Waals surface area (Å²) in [5.74, 6) is -7.59. The minimum absolute atomic E-state index is 0. The van der Waals surface area contributed by atoms with E-state index in [0.29, 0.717) is 24.3 Å². The fourth-order valence-electron chi connectivity index (χ4n) is 2.71. The largest absolute Gasteiger partial charge is 2.00 e. The van der Waals surface area contributed by atoms with Gasteiger partial charge in [-0.15, -0.1) is 0 Å². The van der Waals surface area contributed by atoms with Gasteiger partial charge in [0.25, 0.3) is 0 Å². The second-order valence-electron chi connectivity index (χ2n) is 9.04. The Morgan fingerprint density at radius 3 is 0.630 bits per heavy atom. The third kappa shape index (κ3) is 22.4. The quantitative estimate of drug-likeness (QED) is 0.196. The summed E-state index contributed by atoms with van der Waals surface area (Å²) in [7, 11) is 0. The fourth-order valence-corrected chi connectivity index (χ4v) is 2.71. The molecule has 296 valence electrons. The number of allylic oxidation sites excluding steroid dienone is 4. The topological polar surface area (TPSA) is 144 Å². The van der Waals surface area contributed by atoms with Crippen molar-refractivity contribution in [2.45, 2.75) is 24.7 Å². The van der Waals surface area contributed by atoms with Crippen LogP contribution in [0.5, 0.6) is 0 Å². The van der Waals surface area contributed by atoms with E-state index in [9.17, 15) is 73.1 Å². The first-order chi connectivity index (χ1) is 24.0. The van der Waals surface area contributed by atoms with Crippen molar-refractivity contribution in [1.29, 1.82) is 0 Å². The molecular formula is C32H20F12N4O4Pt2. The van der Waals surface area contributed by atoms with Crippen molar-refractivity contribution in [3.63, 3.8) is 0 Å². The van der Waals surface area contributed by atoms with Gasteiger partial charge in [-0.2, -0.15) is 52.7 Å². The van der Waals surface area contributed by atoms with E-state index >= 15 is 0 Å². The van der Waals surface area contributed by atoms with Crippen LogP contribution in [-0.2, 0) is 42.1 Å². The van der Waals surface area contributed by atoms with Gasteiger partial charge < -0.3 is 20.4 Å². The van der Waals surface area contributed by atoms with E-state index in [1.807, 2.05) is 0 Å². The monoisotopic (exact) mass is 1140 g/mol. The van der Waals surface area contributed by atoms with Crippen molar-refractivity contribution in [2.75, 3.05) is 0 Å². The second-order valence-corrected chi connectivity index (χ2v) is 9.04. The average Bonchev–Trinajstić information content (AvgIpc) is 3.06. The first-order valence-corrected chi connectivity index (χ1v) is 13.5. The molecule has 4 aromatic heterocycles. The molecule has 54 heavy (non-hydrogen) atoms. The molecule has 0 aromatic carbocycles. The van der Waals surface area contributed by atoms with Crippen LogP contribution >= 0.6 is 0 Å². The third-order valence-electron chi connectivity index (χ3n) is 4.98. The standard InChI is InChI=1S/4C8H6F3NO.2Pt/c4*9-8(10,11)7(13)5-6-3-1-2-4-12-6;;/h4*1-5,13H;;/q;;;;2*+2/p-4/b4*7-5-;;. The summed E-state index contributed by atoms with van der Waals surface area (Å²) in [5, 5.41) is 41.7. The van der Waals surface area contributed by atoms with Crippen molar-refractivity contribution >= 4 is 24.3 Å². The predicted octanol–water partition coefficient (Wildman–Crippen LogP) is 5.38. The normalized spacial score (nSPS) is 12.5. The molecule has 0 radical (unpaired) electrons. The zero-order valence-electron chi connectivity index (χ0n) is 26.1. The Bertz CT molecular complexity index is 1490. The molecule has 0 fully saturated rings. The molecule has 0 atom stereocenters. The van der Waals surface area contributed by atoms with Gasteiger partial charge in [0.2, 0.25) is 0 Å². The molecular weight excluding hydrogens is 1120 g/mol. The predicted molar refractivity (Wildman–Crippen MR) is 153 cm³/mol. The van der Waals surface area contributed by atoms with Gasteiger partial charge in [-0.25, -0.2) is 0 Å². The number of alkyl halides is 12. The Kier molecular flexibility index (Phi) is 22.7. The van der Waals surface area contributed by atoms with Gasteiger partial charge in [0.1, 0.15) is 0 Å². The molecule has 0 amide bonds. The molecule has 0 spiro atoms. The Balaban J connectivity index is 0. The van der Waals surface area contributed by atoms with Gasteiger partial charge in [-0.1, -0.05) is 24.3 Å². The minimum Gasteiger partial charge on any atom is -0.869 e. The van der Waals surface area contributed by atoms with Gasteiger partial charge in [0.05, 0.1) is 22.8 Å². The molecule has 0 N–H and O–H groups in total. The van der Waals surface area contributed by atoms with Crippen LogP contribution < -0.4 is 20.4 Å². The van der Waals surface area contributed by atoms with Crippen molar-refractivity contribution in [1.82, 2.24) is 19.9 Å². The van der Waals surface area contributed by atoms with E-state index in [4.69, 9.17) is 0 Å². The van der Waals surface area contributed by atoms with E-state index in [1.54, 1.807) is 24.3 Å². The SMILES string of the molecule is [O-]/C(=C\c1ccccn1)C(F)(F)F.[O-]/C(=C\c1ccccn1)C(F)(F)F.[O-]/C(=C\c1ccccn1)C(F)(F)F.[O-]/C(=C\c1ccccn1)C(F)(F)F.[Pt+2].[Pt+2]. The number of hydrogen-bond donors (Lipinski definition) is 0. The summed E-state index contributed by atoms with van der Waals surface area (Å²) < 4.78 is 141. The third-order valence-corrected chi connectivity index (χ3v) is 4.98. The van der Waals surface area contributed by atoms with Gasteiger partial charge in [0.15, 0.2) is 0 Å². The van der Waals surface area contributed by atoms with E-state index < -0.39 is 47.7 Å². The van der Waals surface area contributed by atoms with E-state index in [0.717, 1.165) is 0 Å².